The molecule has 0 atom stereocenters. The summed E-state index contributed by atoms with van der Waals surface area (Å²) in [4.78, 5) is 4.43. The maximum Gasteiger partial charge on any atom is 0.222 e. The van der Waals surface area contributed by atoms with Gasteiger partial charge in [-0.05, 0) is 17.3 Å². The first-order chi connectivity index (χ1) is 7.43. The topological polar surface area (TPSA) is 67.3 Å². The number of fused-ring (bicyclic) bond motifs is 1. The molecule has 0 spiro atoms. The van der Waals surface area contributed by atoms with Gasteiger partial charge in [0.05, 0.1) is 5.52 Å². The highest BCUT2D eigenvalue weighted by atomic mass is 15.5. The molecule has 72 valence electrons. The minimum atomic E-state index is 0.515. The molecule has 0 saturated carbocycles. The van der Waals surface area contributed by atoms with Gasteiger partial charge in [0, 0.05) is 5.39 Å². The molecule has 0 fully saturated rings. The van der Waals surface area contributed by atoms with Crippen LogP contribution in [0, 0.1) is 0 Å². The maximum atomic E-state index is 4.43. The van der Waals surface area contributed by atoms with Gasteiger partial charge in [-0.2, -0.15) is 5.21 Å². The largest absolute Gasteiger partial charge is 0.244 e. The Morgan fingerprint density at radius 1 is 1.00 bits per heavy atom. The van der Waals surface area contributed by atoms with Crippen LogP contribution in [0.4, 0.5) is 0 Å². The standard InChI is InChI=1S/C10H7N5/c1-2-4-8-7(3-1)5-6-9(11-8)10-12-14-15-13-10/h1-6H,(H,12,13,14,15). The van der Waals surface area contributed by atoms with Gasteiger partial charge >= 0.3 is 0 Å². The number of tetrazole rings is 1. The Labute approximate surface area is 85.2 Å². The Morgan fingerprint density at radius 3 is 2.80 bits per heavy atom. The van der Waals surface area contributed by atoms with E-state index in [0.29, 0.717) is 5.82 Å². The molecule has 0 aliphatic carbocycles. The van der Waals surface area contributed by atoms with Gasteiger partial charge in [0.15, 0.2) is 0 Å². The number of para-hydroxylation sites is 1. The molecule has 1 aromatic carbocycles. The Kier molecular flexibility index (Phi) is 1.68. The van der Waals surface area contributed by atoms with Crippen molar-refractivity contribution < 1.29 is 0 Å². The summed E-state index contributed by atoms with van der Waals surface area (Å²) in [5, 5.41) is 14.8. The number of hydrogen-bond donors (Lipinski definition) is 1. The fraction of sp³-hybridized carbons (Fsp3) is 0. The number of aromatic amines is 1. The van der Waals surface area contributed by atoms with Crippen molar-refractivity contribution in [3.05, 3.63) is 36.4 Å². The molecule has 5 heteroatoms. The van der Waals surface area contributed by atoms with Crippen molar-refractivity contribution in [2.75, 3.05) is 0 Å². The molecule has 3 rings (SSSR count). The lowest BCUT2D eigenvalue weighted by molar-refractivity contribution is 0.881. The zero-order chi connectivity index (χ0) is 10.1. The molecule has 2 heterocycles. The van der Waals surface area contributed by atoms with Crippen LogP contribution in [-0.4, -0.2) is 25.6 Å². The summed E-state index contributed by atoms with van der Waals surface area (Å²) in [5.41, 5.74) is 1.65. The summed E-state index contributed by atoms with van der Waals surface area (Å²) in [6, 6.07) is 11.8. The zero-order valence-electron chi connectivity index (χ0n) is 7.75. The van der Waals surface area contributed by atoms with Crippen molar-refractivity contribution in [3.8, 4) is 11.5 Å². The Balaban J connectivity index is 2.22. The first-order valence-electron chi connectivity index (χ1n) is 4.53. The highest BCUT2D eigenvalue weighted by molar-refractivity contribution is 5.80. The molecule has 0 aliphatic heterocycles. The zero-order valence-corrected chi connectivity index (χ0v) is 7.75. The monoisotopic (exact) mass is 197 g/mol. The number of benzene rings is 1. The number of nitrogens with one attached hydrogen (secondary N) is 1. The minimum absolute atomic E-state index is 0.515. The van der Waals surface area contributed by atoms with Crippen LogP contribution >= 0.6 is 0 Å². The van der Waals surface area contributed by atoms with E-state index < -0.39 is 0 Å². The molecule has 0 bridgehead atoms. The molecule has 0 unspecified atom stereocenters. The van der Waals surface area contributed by atoms with E-state index in [9.17, 15) is 0 Å². The first kappa shape index (κ1) is 8.05. The van der Waals surface area contributed by atoms with Crippen molar-refractivity contribution in [1.29, 1.82) is 0 Å². The lowest BCUT2D eigenvalue weighted by Gasteiger charge is -1.97. The molecule has 15 heavy (non-hydrogen) atoms. The summed E-state index contributed by atoms with van der Waals surface area (Å²) < 4.78 is 0. The van der Waals surface area contributed by atoms with Gasteiger partial charge in [-0.3, -0.25) is 0 Å². The van der Waals surface area contributed by atoms with E-state index in [1.54, 1.807) is 0 Å². The highest BCUT2D eigenvalue weighted by Crippen LogP contribution is 2.16. The van der Waals surface area contributed by atoms with Crippen molar-refractivity contribution in [2.45, 2.75) is 0 Å². The van der Waals surface area contributed by atoms with Gasteiger partial charge in [-0.1, -0.05) is 24.3 Å². The number of H-pyrrole nitrogens is 1. The third-order valence-electron chi connectivity index (χ3n) is 2.17. The van der Waals surface area contributed by atoms with Crippen LogP contribution in [0.1, 0.15) is 0 Å². The van der Waals surface area contributed by atoms with E-state index >= 15 is 0 Å². The van der Waals surface area contributed by atoms with Gasteiger partial charge in [0.25, 0.3) is 0 Å². The summed E-state index contributed by atoms with van der Waals surface area (Å²) >= 11 is 0. The van der Waals surface area contributed by atoms with E-state index in [2.05, 4.69) is 25.6 Å². The van der Waals surface area contributed by atoms with E-state index in [1.807, 2.05) is 36.4 Å². The van der Waals surface area contributed by atoms with E-state index in [-0.39, 0.29) is 0 Å². The van der Waals surface area contributed by atoms with Crippen molar-refractivity contribution in [1.82, 2.24) is 25.6 Å². The van der Waals surface area contributed by atoms with Crippen LogP contribution in [0.3, 0.4) is 0 Å². The number of aromatic nitrogens is 5. The van der Waals surface area contributed by atoms with Crippen molar-refractivity contribution >= 4 is 10.9 Å². The maximum absolute atomic E-state index is 4.43. The molecular weight excluding hydrogens is 190 g/mol. The first-order valence-corrected chi connectivity index (χ1v) is 4.53. The highest BCUT2D eigenvalue weighted by Gasteiger charge is 2.04. The lowest BCUT2D eigenvalue weighted by atomic mass is 10.2. The molecule has 5 nitrogen and oxygen atoms in total. The molecule has 0 aliphatic rings. The number of rotatable bonds is 1. The van der Waals surface area contributed by atoms with Crippen LogP contribution in [0.2, 0.25) is 0 Å². The predicted molar refractivity (Wildman–Crippen MR) is 54.9 cm³/mol. The predicted octanol–water partition coefficient (Wildman–Crippen LogP) is 1.41. The molecule has 0 radical (unpaired) electrons. The van der Waals surface area contributed by atoms with Crippen LogP contribution in [-0.2, 0) is 0 Å². The summed E-state index contributed by atoms with van der Waals surface area (Å²) in [7, 11) is 0. The Morgan fingerprint density at radius 2 is 1.93 bits per heavy atom. The fourth-order valence-electron chi connectivity index (χ4n) is 1.46. The van der Waals surface area contributed by atoms with Crippen LogP contribution in [0.15, 0.2) is 36.4 Å². The third kappa shape index (κ3) is 1.34. The summed E-state index contributed by atoms with van der Waals surface area (Å²) in [5.74, 6) is 0.515. The third-order valence-corrected chi connectivity index (χ3v) is 2.17. The lowest BCUT2D eigenvalue weighted by Crippen LogP contribution is -1.86. The van der Waals surface area contributed by atoms with Crippen LogP contribution in [0.25, 0.3) is 22.4 Å². The molecule has 0 saturated heterocycles. The smallest absolute Gasteiger partial charge is 0.222 e. The SMILES string of the molecule is c1ccc2nc(-c3nn[nH]n3)ccc2c1. The molecule has 0 amide bonds. The fourth-order valence-corrected chi connectivity index (χ4v) is 1.46. The van der Waals surface area contributed by atoms with Gasteiger partial charge in [-0.25, -0.2) is 4.98 Å². The van der Waals surface area contributed by atoms with E-state index in [1.165, 1.54) is 0 Å². The number of hydrogen-bond acceptors (Lipinski definition) is 4. The molecular formula is C10H7N5. The molecule has 2 aromatic heterocycles. The van der Waals surface area contributed by atoms with Gasteiger partial charge in [0.2, 0.25) is 5.82 Å². The molecule has 3 aromatic rings. The van der Waals surface area contributed by atoms with Crippen LogP contribution < -0.4 is 0 Å². The number of pyridine rings is 1. The minimum Gasteiger partial charge on any atom is -0.244 e. The second-order valence-corrected chi connectivity index (χ2v) is 3.12. The van der Waals surface area contributed by atoms with Crippen molar-refractivity contribution in [2.24, 2.45) is 0 Å². The van der Waals surface area contributed by atoms with Gasteiger partial charge < -0.3 is 0 Å². The molecule has 1 N–H and O–H groups in total. The second-order valence-electron chi connectivity index (χ2n) is 3.12. The normalized spacial score (nSPS) is 10.7. The van der Waals surface area contributed by atoms with E-state index in [4.69, 9.17) is 0 Å². The van der Waals surface area contributed by atoms with Gasteiger partial charge in [0.1, 0.15) is 5.69 Å². The van der Waals surface area contributed by atoms with Crippen molar-refractivity contribution in [3.63, 3.8) is 0 Å². The van der Waals surface area contributed by atoms with Crippen LogP contribution in [0.5, 0.6) is 0 Å². The summed E-state index contributed by atoms with van der Waals surface area (Å²) in [6.45, 7) is 0. The Bertz CT molecular complexity index is 588. The average Bonchev–Trinajstić information content (AvgIpc) is 2.82. The van der Waals surface area contributed by atoms with E-state index in [0.717, 1.165) is 16.6 Å². The summed E-state index contributed by atoms with van der Waals surface area (Å²) in [6.07, 6.45) is 0. The quantitative estimate of drug-likeness (QED) is 0.640. The second kappa shape index (κ2) is 3.13. The Hall–Kier alpha value is -2.30. The average molecular weight is 197 g/mol. The van der Waals surface area contributed by atoms with Gasteiger partial charge in [-0.15, -0.1) is 10.2 Å². The number of nitrogens with zero attached hydrogens (tertiary/aromatic N) is 4.